The van der Waals surface area contributed by atoms with Crippen molar-refractivity contribution in [1.29, 1.82) is 0 Å². The third-order valence-corrected chi connectivity index (χ3v) is 5.94. The fraction of sp³-hybridized carbons (Fsp3) is 0.409. The van der Waals surface area contributed by atoms with Crippen molar-refractivity contribution < 1.29 is 9.69 Å². The average Bonchev–Trinajstić information content (AvgIpc) is 2.67. The topological polar surface area (TPSA) is 33.5 Å². The van der Waals surface area contributed by atoms with Crippen LogP contribution in [0.4, 0.5) is 0 Å². The molecule has 3 atom stereocenters. The van der Waals surface area contributed by atoms with Gasteiger partial charge in [0.25, 0.3) is 5.91 Å². The molecule has 4 rings (SSSR count). The molecule has 0 bridgehead atoms. The molecule has 25 heavy (non-hydrogen) atoms. The number of fused-ring (bicyclic) bond motifs is 2. The van der Waals surface area contributed by atoms with E-state index in [-0.39, 0.29) is 18.0 Å². The summed E-state index contributed by atoms with van der Waals surface area (Å²) in [5.74, 6) is 0.191. The van der Waals surface area contributed by atoms with Gasteiger partial charge >= 0.3 is 0 Å². The normalized spacial score (nSPS) is 23.2. The minimum atomic E-state index is -0.0116. The van der Waals surface area contributed by atoms with Crippen LogP contribution < -0.4 is 10.2 Å². The van der Waals surface area contributed by atoms with Gasteiger partial charge in [0.2, 0.25) is 0 Å². The van der Waals surface area contributed by atoms with E-state index in [0.717, 1.165) is 38.8 Å². The van der Waals surface area contributed by atoms with Crippen LogP contribution in [-0.2, 0) is 24.2 Å². The van der Waals surface area contributed by atoms with Crippen LogP contribution in [0.5, 0.6) is 0 Å². The Balaban J connectivity index is 1.44. The number of nitrogens with one attached hydrogen (secondary N) is 2. The molecule has 3 nitrogen and oxygen atoms in total. The number of rotatable bonds is 3. The molecule has 1 amide bonds. The third-order valence-electron chi connectivity index (χ3n) is 5.94. The Hall–Kier alpha value is -2.13. The van der Waals surface area contributed by atoms with E-state index in [2.05, 4.69) is 60.8 Å². The molecule has 0 spiro atoms. The number of aryl methyl sites for hydroxylation is 1. The molecule has 3 heteroatoms. The SMILES string of the molecule is C[C@@H](C(=O)N[C@H]1CCCc2ccccc21)[NH+]1CCc2ccccc2C1. The van der Waals surface area contributed by atoms with E-state index in [1.54, 1.807) is 0 Å². The molecule has 0 saturated carbocycles. The summed E-state index contributed by atoms with van der Waals surface area (Å²) < 4.78 is 0. The highest BCUT2D eigenvalue weighted by Gasteiger charge is 2.31. The first-order chi connectivity index (χ1) is 12.2. The fourth-order valence-corrected chi connectivity index (χ4v) is 4.36. The van der Waals surface area contributed by atoms with E-state index in [1.807, 2.05) is 0 Å². The lowest BCUT2D eigenvalue weighted by molar-refractivity contribution is -0.929. The lowest BCUT2D eigenvalue weighted by Gasteiger charge is -2.32. The number of hydrogen-bond acceptors (Lipinski definition) is 1. The molecule has 2 aliphatic rings. The Kier molecular flexibility index (Phi) is 4.58. The molecule has 130 valence electrons. The summed E-state index contributed by atoms with van der Waals surface area (Å²) in [7, 11) is 0. The number of quaternary nitrogens is 1. The molecule has 0 aromatic heterocycles. The number of carbonyl (C=O) groups excluding carboxylic acids is 1. The molecule has 0 radical (unpaired) electrons. The zero-order valence-corrected chi connectivity index (χ0v) is 14.9. The summed E-state index contributed by atoms with van der Waals surface area (Å²) >= 11 is 0. The summed E-state index contributed by atoms with van der Waals surface area (Å²) in [4.78, 5) is 14.3. The molecular formula is C22H27N2O+. The molecule has 1 aliphatic carbocycles. The molecule has 2 aromatic rings. The van der Waals surface area contributed by atoms with Crippen molar-refractivity contribution >= 4 is 5.91 Å². The maximum atomic E-state index is 12.9. The van der Waals surface area contributed by atoms with Crippen LogP contribution in [0, 0.1) is 0 Å². The van der Waals surface area contributed by atoms with Gasteiger partial charge in [-0.3, -0.25) is 4.79 Å². The Labute approximate surface area is 150 Å². The predicted molar refractivity (Wildman–Crippen MR) is 99.4 cm³/mol. The van der Waals surface area contributed by atoms with E-state index in [9.17, 15) is 4.79 Å². The van der Waals surface area contributed by atoms with Gasteiger partial charge in [0.1, 0.15) is 6.54 Å². The highest BCUT2D eigenvalue weighted by Crippen LogP contribution is 2.29. The first-order valence-electron chi connectivity index (χ1n) is 9.52. The lowest BCUT2D eigenvalue weighted by atomic mass is 9.87. The Morgan fingerprint density at radius 2 is 1.76 bits per heavy atom. The van der Waals surface area contributed by atoms with Crippen molar-refractivity contribution in [2.24, 2.45) is 0 Å². The zero-order valence-electron chi connectivity index (χ0n) is 14.9. The summed E-state index contributed by atoms with van der Waals surface area (Å²) in [6.07, 6.45) is 4.40. The average molecular weight is 335 g/mol. The van der Waals surface area contributed by atoms with E-state index >= 15 is 0 Å². The second-order valence-corrected chi connectivity index (χ2v) is 7.48. The standard InChI is InChI=1S/C22H26N2O/c1-16(24-14-13-17-7-2-3-9-19(17)15-24)22(25)23-21-12-6-10-18-8-4-5-11-20(18)21/h2-5,7-9,11,16,21H,6,10,12-15H2,1H3,(H,23,25)/p+1/t16-,21-/m0/s1. The quantitative estimate of drug-likeness (QED) is 0.886. The molecule has 2 aromatic carbocycles. The van der Waals surface area contributed by atoms with Gasteiger partial charge in [-0.05, 0) is 42.9 Å². The van der Waals surface area contributed by atoms with Gasteiger partial charge in [-0.15, -0.1) is 0 Å². The monoisotopic (exact) mass is 335 g/mol. The Morgan fingerprint density at radius 3 is 2.60 bits per heavy atom. The Morgan fingerprint density at radius 1 is 1.04 bits per heavy atom. The lowest BCUT2D eigenvalue weighted by Crippen LogP contribution is -3.16. The number of benzene rings is 2. The van der Waals surface area contributed by atoms with E-state index in [0.29, 0.717) is 0 Å². The van der Waals surface area contributed by atoms with Gasteiger partial charge in [-0.2, -0.15) is 0 Å². The number of hydrogen-bond donors (Lipinski definition) is 2. The maximum Gasteiger partial charge on any atom is 0.278 e. The molecular weight excluding hydrogens is 308 g/mol. The molecule has 1 heterocycles. The van der Waals surface area contributed by atoms with Crippen LogP contribution in [0.15, 0.2) is 48.5 Å². The minimum absolute atomic E-state index is 0.0116. The highest BCUT2D eigenvalue weighted by molar-refractivity contribution is 5.80. The van der Waals surface area contributed by atoms with Gasteiger partial charge in [0, 0.05) is 12.0 Å². The van der Waals surface area contributed by atoms with Crippen molar-refractivity contribution in [3.63, 3.8) is 0 Å². The van der Waals surface area contributed by atoms with E-state index in [4.69, 9.17) is 0 Å². The van der Waals surface area contributed by atoms with Crippen molar-refractivity contribution in [3.05, 3.63) is 70.8 Å². The molecule has 0 fully saturated rings. The summed E-state index contributed by atoms with van der Waals surface area (Å²) in [5.41, 5.74) is 5.55. The van der Waals surface area contributed by atoms with Crippen molar-refractivity contribution in [1.82, 2.24) is 5.32 Å². The highest BCUT2D eigenvalue weighted by atomic mass is 16.2. The van der Waals surface area contributed by atoms with Gasteiger partial charge < -0.3 is 10.2 Å². The summed E-state index contributed by atoms with van der Waals surface area (Å²) in [5, 5.41) is 3.34. The van der Waals surface area contributed by atoms with Crippen LogP contribution in [0.25, 0.3) is 0 Å². The van der Waals surface area contributed by atoms with E-state index < -0.39 is 0 Å². The second kappa shape index (κ2) is 7.01. The van der Waals surface area contributed by atoms with Crippen LogP contribution in [0.3, 0.4) is 0 Å². The van der Waals surface area contributed by atoms with Gasteiger partial charge in [0.05, 0.1) is 12.6 Å². The van der Waals surface area contributed by atoms with Gasteiger partial charge in [0.15, 0.2) is 6.04 Å². The van der Waals surface area contributed by atoms with Crippen molar-refractivity contribution in [3.8, 4) is 0 Å². The van der Waals surface area contributed by atoms with Gasteiger partial charge in [-0.1, -0.05) is 48.5 Å². The van der Waals surface area contributed by atoms with Crippen LogP contribution in [0.2, 0.25) is 0 Å². The summed E-state index contributed by atoms with van der Waals surface area (Å²) in [6.45, 7) is 4.06. The van der Waals surface area contributed by atoms with Crippen LogP contribution in [0.1, 0.15) is 48.1 Å². The fourth-order valence-electron chi connectivity index (χ4n) is 4.36. The van der Waals surface area contributed by atoms with Crippen molar-refractivity contribution in [2.75, 3.05) is 6.54 Å². The van der Waals surface area contributed by atoms with E-state index in [1.165, 1.54) is 27.2 Å². The number of amides is 1. The van der Waals surface area contributed by atoms with Gasteiger partial charge in [-0.25, -0.2) is 0 Å². The molecule has 1 unspecified atom stereocenters. The second-order valence-electron chi connectivity index (χ2n) is 7.48. The molecule has 0 saturated heterocycles. The van der Waals surface area contributed by atoms with Crippen LogP contribution in [-0.4, -0.2) is 18.5 Å². The first kappa shape index (κ1) is 16.3. The first-order valence-corrected chi connectivity index (χ1v) is 9.52. The largest absolute Gasteiger partial charge is 0.344 e. The Bertz CT molecular complexity index is 770. The number of carbonyl (C=O) groups is 1. The third kappa shape index (κ3) is 3.34. The molecule has 2 N–H and O–H groups in total. The smallest absolute Gasteiger partial charge is 0.278 e. The van der Waals surface area contributed by atoms with Crippen LogP contribution >= 0.6 is 0 Å². The van der Waals surface area contributed by atoms with Crippen molar-refractivity contribution in [2.45, 2.75) is 51.2 Å². The maximum absolute atomic E-state index is 12.9. The summed E-state index contributed by atoms with van der Waals surface area (Å²) in [6, 6.07) is 17.4. The zero-order chi connectivity index (χ0) is 17.2. The minimum Gasteiger partial charge on any atom is -0.344 e. The predicted octanol–water partition coefficient (Wildman–Crippen LogP) is 2.21. The molecule has 1 aliphatic heterocycles.